The summed E-state index contributed by atoms with van der Waals surface area (Å²) in [4.78, 5) is 24.3. The molecule has 1 amide bonds. The maximum Gasteiger partial charge on any atom is 0.292 e. The van der Waals surface area contributed by atoms with E-state index in [4.69, 9.17) is 23.2 Å². The van der Waals surface area contributed by atoms with E-state index in [1.54, 1.807) is 36.4 Å². The Bertz CT molecular complexity index is 1140. The molecule has 1 heterocycles. The molecule has 0 aliphatic heterocycles. The summed E-state index contributed by atoms with van der Waals surface area (Å²) in [5.74, 6) is -0.508. The van der Waals surface area contributed by atoms with Crippen LogP contribution in [0.25, 0.3) is 10.8 Å². The van der Waals surface area contributed by atoms with Gasteiger partial charge in [-0.25, -0.2) is 10.5 Å². The van der Waals surface area contributed by atoms with Gasteiger partial charge in [0.25, 0.3) is 11.5 Å². The normalized spacial score (nSPS) is 14.6. The van der Waals surface area contributed by atoms with Crippen LogP contribution in [0.15, 0.2) is 46.3 Å². The molecule has 130 valence electrons. The molecular formula is C18H12Cl2N4O2. The summed E-state index contributed by atoms with van der Waals surface area (Å²) >= 11 is 12.3. The summed E-state index contributed by atoms with van der Waals surface area (Å²) in [5.41, 5.74) is 4.77. The lowest BCUT2D eigenvalue weighted by molar-refractivity contribution is 0.0950. The van der Waals surface area contributed by atoms with Gasteiger partial charge < -0.3 is 0 Å². The van der Waals surface area contributed by atoms with Gasteiger partial charge in [-0.2, -0.15) is 10.2 Å². The lowest BCUT2D eigenvalue weighted by Gasteiger charge is -2.05. The molecule has 0 radical (unpaired) electrons. The summed E-state index contributed by atoms with van der Waals surface area (Å²) in [7, 11) is 0. The molecule has 0 bridgehead atoms. The highest BCUT2D eigenvalue weighted by atomic mass is 35.5. The predicted octanol–water partition coefficient (Wildman–Crippen LogP) is 3.31. The number of nitrogens with zero attached hydrogens (tertiary/aromatic N) is 2. The highest BCUT2D eigenvalue weighted by Gasteiger charge is 2.22. The summed E-state index contributed by atoms with van der Waals surface area (Å²) in [6.07, 6.45) is 1.38. The zero-order valence-corrected chi connectivity index (χ0v) is 14.9. The highest BCUT2D eigenvalue weighted by Crippen LogP contribution is 2.32. The topological polar surface area (TPSA) is 87.2 Å². The second kappa shape index (κ2) is 6.55. The number of hydrogen-bond donors (Lipinski definition) is 2. The quantitative estimate of drug-likeness (QED) is 0.662. The fraction of sp³-hybridized carbons (Fsp3) is 0.111. The minimum Gasteiger partial charge on any atom is -0.267 e. The predicted molar refractivity (Wildman–Crippen MR) is 101 cm³/mol. The molecule has 26 heavy (non-hydrogen) atoms. The van der Waals surface area contributed by atoms with Crippen LogP contribution in [0.5, 0.6) is 0 Å². The Morgan fingerprint density at radius 2 is 1.92 bits per heavy atom. The maximum absolute atomic E-state index is 12.5. The van der Waals surface area contributed by atoms with Crippen LogP contribution in [-0.2, 0) is 6.42 Å². The van der Waals surface area contributed by atoms with Crippen molar-refractivity contribution in [3.05, 3.63) is 73.6 Å². The Kier molecular flexibility index (Phi) is 4.22. The van der Waals surface area contributed by atoms with Crippen molar-refractivity contribution >= 4 is 45.6 Å². The molecule has 8 heteroatoms. The molecule has 1 aromatic heterocycles. The van der Waals surface area contributed by atoms with Gasteiger partial charge >= 0.3 is 0 Å². The Balaban J connectivity index is 1.67. The first kappa shape index (κ1) is 16.8. The van der Waals surface area contributed by atoms with E-state index in [1.165, 1.54) is 0 Å². The Morgan fingerprint density at radius 3 is 2.73 bits per heavy atom. The van der Waals surface area contributed by atoms with Crippen LogP contribution in [-0.4, -0.2) is 21.8 Å². The number of rotatable bonds is 2. The van der Waals surface area contributed by atoms with Gasteiger partial charge in [-0.1, -0.05) is 41.4 Å². The zero-order chi connectivity index (χ0) is 18.3. The maximum atomic E-state index is 12.5. The van der Waals surface area contributed by atoms with Crippen molar-refractivity contribution in [3.8, 4) is 0 Å². The SMILES string of the molecule is O=C(N/N=C1\CCc2c(Cl)cc(Cl)cc21)c1n[nH]c(=O)c2ccccc12. The summed E-state index contributed by atoms with van der Waals surface area (Å²) in [6.45, 7) is 0. The van der Waals surface area contributed by atoms with Crippen molar-refractivity contribution in [3.63, 3.8) is 0 Å². The van der Waals surface area contributed by atoms with E-state index in [-0.39, 0.29) is 11.3 Å². The number of halogens is 2. The number of aromatic nitrogens is 2. The molecule has 6 nitrogen and oxygen atoms in total. The Hall–Kier alpha value is -2.70. The third-order valence-electron chi connectivity index (χ3n) is 4.29. The van der Waals surface area contributed by atoms with Gasteiger partial charge in [0.15, 0.2) is 5.69 Å². The van der Waals surface area contributed by atoms with E-state index >= 15 is 0 Å². The van der Waals surface area contributed by atoms with Crippen LogP contribution in [0, 0.1) is 0 Å². The van der Waals surface area contributed by atoms with Gasteiger partial charge in [0, 0.05) is 21.0 Å². The summed E-state index contributed by atoms with van der Waals surface area (Å²) in [5, 5.41) is 12.4. The van der Waals surface area contributed by atoms with E-state index in [1.807, 2.05) is 0 Å². The van der Waals surface area contributed by atoms with Crippen molar-refractivity contribution in [1.29, 1.82) is 0 Å². The van der Waals surface area contributed by atoms with Crippen LogP contribution in [0.4, 0.5) is 0 Å². The molecule has 0 spiro atoms. The Labute approximate surface area is 157 Å². The average Bonchev–Trinajstić information content (AvgIpc) is 3.03. The molecule has 0 unspecified atom stereocenters. The van der Waals surface area contributed by atoms with Gasteiger partial charge in [-0.05, 0) is 36.6 Å². The first-order valence-corrected chi connectivity index (χ1v) is 8.63. The Morgan fingerprint density at radius 1 is 1.15 bits per heavy atom. The van der Waals surface area contributed by atoms with E-state index in [0.29, 0.717) is 33.0 Å². The molecular weight excluding hydrogens is 375 g/mol. The number of aromatic amines is 1. The molecule has 0 atom stereocenters. The third kappa shape index (κ3) is 2.87. The van der Waals surface area contributed by atoms with Gasteiger partial charge in [-0.15, -0.1) is 0 Å². The highest BCUT2D eigenvalue weighted by molar-refractivity contribution is 6.36. The number of carbonyl (C=O) groups is 1. The number of hydrazone groups is 1. The van der Waals surface area contributed by atoms with Crippen molar-refractivity contribution in [2.75, 3.05) is 0 Å². The fourth-order valence-corrected chi connectivity index (χ4v) is 3.66. The van der Waals surface area contributed by atoms with Crippen LogP contribution < -0.4 is 11.0 Å². The minimum atomic E-state index is -0.508. The lowest BCUT2D eigenvalue weighted by atomic mass is 10.1. The fourth-order valence-electron chi connectivity index (χ4n) is 3.07. The number of nitrogens with one attached hydrogen (secondary N) is 2. The molecule has 0 fully saturated rings. The number of H-pyrrole nitrogens is 1. The second-order valence-corrected chi connectivity index (χ2v) is 6.70. The minimum absolute atomic E-state index is 0.104. The standard InChI is InChI=1S/C18H12Cl2N4O2/c19-9-7-13-10(14(20)8-9)5-6-15(13)21-24-18(26)16-11-3-1-2-4-12(11)17(25)23-22-16/h1-4,7-8H,5-6H2,(H,23,25)(H,24,26)/b21-15+. The van der Waals surface area contributed by atoms with Crippen LogP contribution in [0.2, 0.25) is 10.0 Å². The number of benzene rings is 2. The molecule has 3 aromatic rings. The molecule has 1 aliphatic rings. The molecule has 4 rings (SSSR count). The van der Waals surface area contributed by atoms with Crippen LogP contribution >= 0.6 is 23.2 Å². The zero-order valence-electron chi connectivity index (χ0n) is 13.3. The summed E-state index contributed by atoms with van der Waals surface area (Å²) < 4.78 is 0. The van der Waals surface area contributed by atoms with Crippen LogP contribution in [0.1, 0.15) is 28.0 Å². The van der Waals surface area contributed by atoms with Gasteiger partial charge in [0.1, 0.15) is 0 Å². The third-order valence-corrected chi connectivity index (χ3v) is 4.84. The van der Waals surface area contributed by atoms with E-state index < -0.39 is 5.91 Å². The largest absolute Gasteiger partial charge is 0.292 e. The number of amides is 1. The van der Waals surface area contributed by atoms with E-state index in [2.05, 4.69) is 20.7 Å². The van der Waals surface area contributed by atoms with E-state index in [9.17, 15) is 9.59 Å². The van der Waals surface area contributed by atoms with Crippen LogP contribution in [0.3, 0.4) is 0 Å². The number of carbonyl (C=O) groups excluding carboxylic acids is 1. The van der Waals surface area contributed by atoms with Gasteiger partial charge in [-0.3, -0.25) is 9.59 Å². The smallest absolute Gasteiger partial charge is 0.267 e. The van der Waals surface area contributed by atoms with Crippen molar-refractivity contribution in [1.82, 2.24) is 15.6 Å². The van der Waals surface area contributed by atoms with Crippen molar-refractivity contribution < 1.29 is 4.79 Å². The number of fused-ring (bicyclic) bond motifs is 2. The van der Waals surface area contributed by atoms with Gasteiger partial charge in [0.2, 0.25) is 0 Å². The molecule has 2 aromatic carbocycles. The molecule has 1 aliphatic carbocycles. The molecule has 0 saturated carbocycles. The van der Waals surface area contributed by atoms with Crippen molar-refractivity contribution in [2.45, 2.75) is 12.8 Å². The lowest BCUT2D eigenvalue weighted by Crippen LogP contribution is -2.23. The molecule has 2 N–H and O–H groups in total. The van der Waals surface area contributed by atoms with Gasteiger partial charge in [0.05, 0.1) is 11.1 Å². The monoisotopic (exact) mass is 386 g/mol. The first-order valence-electron chi connectivity index (χ1n) is 7.87. The van der Waals surface area contributed by atoms with Crippen molar-refractivity contribution in [2.24, 2.45) is 5.10 Å². The molecule has 0 saturated heterocycles. The summed E-state index contributed by atoms with van der Waals surface area (Å²) in [6, 6.07) is 10.2. The second-order valence-electron chi connectivity index (χ2n) is 5.86. The first-order chi connectivity index (χ1) is 12.5. The average molecular weight is 387 g/mol. The van der Waals surface area contributed by atoms with E-state index in [0.717, 1.165) is 17.5 Å². The number of hydrogen-bond acceptors (Lipinski definition) is 4.